The molecule has 0 aromatic heterocycles. The van der Waals surface area contributed by atoms with Gasteiger partial charge in [-0.1, -0.05) is 19.8 Å². The third-order valence-electron chi connectivity index (χ3n) is 5.87. The smallest absolute Gasteiger partial charge is 0.317 e. The summed E-state index contributed by atoms with van der Waals surface area (Å²) in [6, 6.07) is 1.13. The van der Waals surface area contributed by atoms with Crippen molar-refractivity contribution in [2.45, 2.75) is 57.5 Å². The van der Waals surface area contributed by atoms with Crippen molar-refractivity contribution in [2.24, 2.45) is 5.92 Å². The van der Waals surface area contributed by atoms with Crippen LogP contribution in [0.5, 0.6) is 0 Å². The van der Waals surface area contributed by atoms with Gasteiger partial charge in [0.2, 0.25) is 0 Å². The number of piperidine rings is 1. The Morgan fingerprint density at radius 2 is 1.74 bits per heavy atom. The van der Waals surface area contributed by atoms with Crippen LogP contribution in [0, 0.1) is 5.92 Å². The molecule has 0 aromatic rings. The first-order valence-electron chi connectivity index (χ1n) is 9.37. The van der Waals surface area contributed by atoms with E-state index in [9.17, 15) is 4.79 Å². The maximum atomic E-state index is 12.4. The van der Waals surface area contributed by atoms with Crippen molar-refractivity contribution in [2.75, 3.05) is 47.3 Å². The van der Waals surface area contributed by atoms with Gasteiger partial charge in [0.1, 0.15) is 0 Å². The molecule has 2 fully saturated rings. The van der Waals surface area contributed by atoms with E-state index in [1.54, 1.807) is 0 Å². The minimum atomic E-state index is 0.0977. The Labute approximate surface area is 142 Å². The van der Waals surface area contributed by atoms with Crippen molar-refractivity contribution in [3.8, 4) is 0 Å². The Kier molecular flexibility index (Phi) is 7.15. The predicted octanol–water partition coefficient (Wildman–Crippen LogP) is 2.23. The Balaban J connectivity index is 1.68. The van der Waals surface area contributed by atoms with Gasteiger partial charge in [0, 0.05) is 32.2 Å². The molecule has 0 spiro atoms. The molecule has 5 heteroatoms. The van der Waals surface area contributed by atoms with Crippen molar-refractivity contribution in [1.29, 1.82) is 0 Å². The second kappa shape index (κ2) is 8.88. The van der Waals surface area contributed by atoms with Gasteiger partial charge >= 0.3 is 6.03 Å². The minimum absolute atomic E-state index is 0.0977. The summed E-state index contributed by atoms with van der Waals surface area (Å²) in [6.45, 7) is 6.39. The van der Waals surface area contributed by atoms with E-state index in [-0.39, 0.29) is 6.03 Å². The molecule has 1 aliphatic carbocycles. The van der Waals surface area contributed by atoms with Crippen LogP contribution in [0.3, 0.4) is 0 Å². The van der Waals surface area contributed by atoms with Gasteiger partial charge in [0.05, 0.1) is 0 Å². The third kappa shape index (κ3) is 5.64. The van der Waals surface area contributed by atoms with Crippen LogP contribution in [0.25, 0.3) is 0 Å². The quantitative estimate of drug-likeness (QED) is 0.843. The molecule has 1 N–H and O–H groups in total. The maximum Gasteiger partial charge on any atom is 0.317 e. The van der Waals surface area contributed by atoms with E-state index >= 15 is 0 Å². The fourth-order valence-corrected chi connectivity index (χ4v) is 3.83. The molecule has 2 atom stereocenters. The molecule has 0 bridgehead atoms. The maximum absolute atomic E-state index is 12.4. The Morgan fingerprint density at radius 1 is 1.09 bits per heavy atom. The molecule has 1 saturated carbocycles. The molecule has 2 rings (SSSR count). The highest BCUT2D eigenvalue weighted by atomic mass is 16.2. The SMILES string of the molecule is CC1CCCCC1NC(=O)N(C)CCN(C)C1CCN(C)CC1. The number of carbonyl (C=O) groups is 1. The average molecular weight is 325 g/mol. The van der Waals surface area contributed by atoms with E-state index in [0.29, 0.717) is 18.0 Å². The molecule has 2 aliphatic rings. The summed E-state index contributed by atoms with van der Waals surface area (Å²) in [5, 5.41) is 3.24. The Bertz CT molecular complexity index is 368. The highest BCUT2D eigenvalue weighted by molar-refractivity contribution is 5.74. The van der Waals surface area contributed by atoms with E-state index in [1.165, 1.54) is 45.2 Å². The van der Waals surface area contributed by atoms with E-state index < -0.39 is 0 Å². The summed E-state index contributed by atoms with van der Waals surface area (Å²) in [7, 11) is 6.32. The first-order valence-corrected chi connectivity index (χ1v) is 9.37. The number of likely N-dealkylation sites (tertiary alicyclic amines) is 1. The second-order valence-electron chi connectivity index (χ2n) is 7.75. The van der Waals surface area contributed by atoms with E-state index in [0.717, 1.165) is 19.5 Å². The standard InChI is InChI=1S/C18H36N4O/c1-15-7-5-6-8-17(15)19-18(23)22(4)14-13-21(3)16-9-11-20(2)12-10-16/h15-17H,5-14H2,1-4H3,(H,19,23). The predicted molar refractivity (Wildman–Crippen MR) is 95.7 cm³/mol. The van der Waals surface area contributed by atoms with Crippen LogP contribution in [0.2, 0.25) is 0 Å². The van der Waals surface area contributed by atoms with Gasteiger partial charge in [-0.05, 0) is 58.8 Å². The molecule has 0 radical (unpaired) electrons. The topological polar surface area (TPSA) is 38.8 Å². The van der Waals surface area contributed by atoms with Gasteiger partial charge in [-0.3, -0.25) is 0 Å². The molecule has 1 saturated heterocycles. The fraction of sp³-hybridized carbons (Fsp3) is 0.944. The van der Waals surface area contributed by atoms with Crippen molar-refractivity contribution in [3.63, 3.8) is 0 Å². The van der Waals surface area contributed by atoms with E-state index in [2.05, 4.69) is 36.1 Å². The molecular formula is C18H36N4O. The summed E-state index contributed by atoms with van der Waals surface area (Å²) in [5.74, 6) is 0.614. The first kappa shape index (κ1) is 18.5. The lowest BCUT2D eigenvalue weighted by molar-refractivity contribution is 0.133. The molecule has 134 valence electrons. The summed E-state index contributed by atoms with van der Waals surface area (Å²) in [5.41, 5.74) is 0. The number of hydrogen-bond donors (Lipinski definition) is 1. The normalized spacial score (nSPS) is 27.2. The fourth-order valence-electron chi connectivity index (χ4n) is 3.83. The zero-order chi connectivity index (χ0) is 16.8. The van der Waals surface area contributed by atoms with Crippen LogP contribution < -0.4 is 5.32 Å². The lowest BCUT2D eigenvalue weighted by Crippen LogP contribution is -2.49. The number of likely N-dealkylation sites (N-methyl/N-ethyl adjacent to an activating group) is 2. The van der Waals surface area contributed by atoms with E-state index in [1.807, 2.05) is 11.9 Å². The van der Waals surface area contributed by atoms with Gasteiger partial charge < -0.3 is 20.0 Å². The molecular weight excluding hydrogens is 288 g/mol. The second-order valence-corrected chi connectivity index (χ2v) is 7.75. The minimum Gasteiger partial charge on any atom is -0.335 e. The number of amides is 2. The van der Waals surface area contributed by atoms with Gasteiger partial charge in [-0.2, -0.15) is 0 Å². The molecule has 2 amide bonds. The number of rotatable bonds is 5. The van der Waals surface area contributed by atoms with Crippen molar-refractivity contribution >= 4 is 6.03 Å². The molecule has 23 heavy (non-hydrogen) atoms. The number of hydrogen-bond acceptors (Lipinski definition) is 3. The van der Waals surface area contributed by atoms with Gasteiger partial charge in [-0.25, -0.2) is 4.79 Å². The largest absolute Gasteiger partial charge is 0.335 e. The van der Waals surface area contributed by atoms with Crippen molar-refractivity contribution in [1.82, 2.24) is 20.0 Å². The monoisotopic (exact) mass is 324 g/mol. The number of carbonyl (C=O) groups excluding carboxylic acids is 1. The lowest BCUT2D eigenvalue weighted by Gasteiger charge is -2.36. The number of nitrogens with zero attached hydrogens (tertiary/aromatic N) is 3. The summed E-state index contributed by atoms with van der Waals surface area (Å²) >= 11 is 0. The van der Waals surface area contributed by atoms with Crippen LogP contribution in [-0.4, -0.2) is 80.1 Å². The molecule has 5 nitrogen and oxygen atoms in total. The molecule has 1 aliphatic heterocycles. The summed E-state index contributed by atoms with van der Waals surface area (Å²) in [6.07, 6.45) is 7.41. The highest BCUT2D eigenvalue weighted by Crippen LogP contribution is 2.23. The average Bonchev–Trinajstić information content (AvgIpc) is 2.55. The van der Waals surface area contributed by atoms with Crippen molar-refractivity contribution in [3.05, 3.63) is 0 Å². The molecule has 1 heterocycles. The highest BCUT2D eigenvalue weighted by Gasteiger charge is 2.25. The van der Waals surface area contributed by atoms with Crippen molar-refractivity contribution < 1.29 is 4.79 Å². The van der Waals surface area contributed by atoms with Crippen LogP contribution >= 0.6 is 0 Å². The van der Waals surface area contributed by atoms with Crippen LogP contribution in [0.15, 0.2) is 0 Å². The number of urea groups is 1. The van der Waals surface area contributed by atoms with Gasteiger partial charge in [0.15, 0.2) is 0 Å². The van der Waals surface area contributed by atoms with Gasteiger partial charge in [-0.15, -0.1) is 0 Å². The number of nitrogens with one attached hydrogen (secondary N) is 1. The molecule has 0 aromatic carbocycles. The van der Waals surface area contributed by atoms with Crippen LogP contribution in [-0.2, 0) is 0 Å². The lowest BCUT2D eigenvalue weighted by atomic mass is 9.86. The molecule has 2 unspecified atom stereocenters. The zero-order valence-electron chi connectivity index (χ0n) is 15.6. The van der Waals surface area contributed by atoms with Crippen LogP contribution in [0.1, 0.15) is 45.4 Å². The summed E-state index contributed by atoms with van der Waals surface area (Å²) < 4.78 is 0. The Hall–Kier alpha value is -0.810. The summed E-state index contributed by atoms with van der Waals surface area (Å²) in [4.78, 5) is 19.1. The Morgan fingerprint density at radius 3 is 2.39 bits per heavy atom. The first-order chi connectivity index (χ1) is 11.0. The third-order valence-corrected chi connectivity index (χ3v) is 5.87. The van der Waals surface area contributed by atoms with Crippen LogP contribution in [0.4, 0.5) is 4.79 Å². The van der Waals surface area contributed by atoms with Gasteiger partial charge in [0.25, 0.3) is 0 Å². The zero-order valence-corrected chi connectivity index (χ0v) is 15.6. The van der Waals surface area contributed by atoms with E-state index in [4.69, 9.17) is 0 Å².